The highest BCUT2D eigenvalue weighted by atomic mass is 35.5. The van der Waals surface area contributed by atoms with E-state index in [1.165, 1.54) is 29.5 Å². The van der Waals surface area contributed by atoms with E-state index in [0.29, 0.717) is 27.9 Å². The zero-order valence-electron chi connectivity index (χ0n) is 16.8. The molecule has 0 aliphatic heterocycles. The fourth-order valence-electron chi connectivity index (χ4n) is 3.46. The molecule has 2 aromatic carbocycles. The number of fused-ring (bicyclic) bond motifs is 1. The van der Waals surface area contributed by atoms with E-state index in [0.717, 1.165) is 16.6 Å². The molecule has 9 heteroatoms. The number of methoxy groups -OCH3 is 1. The second kappa shape index (κ2) is 8.42. The summed E-state index contributed by atoms with van der Waals surface area (Å²) in [4.78, 5) is 5.99. The highest BCUT2D eigenvalue weighted by Crippen LogP contribution is 2.37. The number of benzene rings is 2. The van der Waals surface area contributed by atoms with E-state index in [4.69, 9.17) is 27.9 Å². The van der Waals surface area contributed by atoms with Crippen LogP contribution in [0.4, 0.5) is 5.69 Å². The number of hydrogen-bond acceptors (Lipinski definition) is 5. The van der Waals surface area contributed by atoms with E-state index in [-0.39, 0.29) is 4.90 Å². The van der Waals surface area contributed by atoms with E-state index < -0.39 is 10.0 Å². The van der Waals surface area contributed by atoms with Gasteiger partial charge in [-0.05, 0) is 29.8 Å². The molecule has 4 rings (SSSR count). The standard InChI is InChI=1S/C22H19Cl2N3O3S/c1-26(21-11-22(30-2)19(24)10-18(21)23)13-15-14-27(20-8-4-3-7-17(15)20)31(28,29)16-6-5-9-25-12-16/h3-12,14H,13H2,1-2H3. The van der Waals surface area contributed by atoms with Crippen molar-refractivity contribution in [2.75, 3.05) is 19.1 Å². The predicted molar refractivity (Wildman–Crippen MR) is 124 cm³/mol. The van der Waals surface area contributed by atoms with Crippen molar-refractivity contribution < 1.29 is 13.2 Å². The minimum absolute atomic E-state index is 0.126. The molecule has 2 aromatic heterocycles. The van der Waals surface area contributed by atoms with Gasteiger partial charge in [0.1, 0.15) is 10.6 Å². The first-order valence-electron chi connectivity index (χ1n) is 9.31. The largest absolute Gasteiger partial charge is 0.495 e. The highest BCUT2D eigenvalue weighted by Gasteiger charge is 2.22. The SMILES string of the molecule is COc1cc(N(C)Cc2cn(S(=O)(=O)c3cccnc3)c3ccccc23)c(Cl)cc1Cl. The molecule has 0 radical (unpaired) electrons. The molecule has 0 fully saturated rings. The minimum Gasteiger partial charge on any atom is -0.495 e. The summed E-state index contributed by atoms with van der Waals surface area (Å²) in [5.41, 5.74) is 2.14. The van der Waals surface area contributed by atoms with E-state index in [1.807, 2.05) is 30.1 Å². The molecule has 0 spiro atoms. The quantitative estimate of drug-likeness (QED) is 0.382. The molecule has 0 atom stereocenters. The van der Waals surface area contributed by atoms with E-state index in [2.05, 4.69) is 4.98 Å². The Balaban J connectivity index is 1.78. The van der Waals surface area contributed by atoms with Crippen LogP contribution in [-0.4, -0.2) is 31.5 Å². The Bertz CT molecular complexity index is 1360. The number of rotatable bonds is 6. The van der Waals surface area contributed by atoms with Crippen LogP contribution in [0.15, 0.2) is 72.0 Å². The van der Waals surface area contributed by atoms with Crippen LogP contribution in [0.25, 0.3) is 10.9 Å². The smallest absolute Gasteiger partial charge is 0.269 e. The third-order valence-corrected chi connectivity index (χ3v) is 7.25. The summed E-state index contributed by atoms with van der Waals surface area (Å²) in [6, 6.07) is 13.9. The first-order chi connectivity index (χ1) is 14.8. The number of hydrogen-bond donors (Lipinski definition) is 0. The Morgan fingerprint density at radius 1 is 1.10 bits per heavy atom. The lowest BCUT2D eigenvalue weighted by atomic mass is 10.1. The zero-order valence-corrected chi connectivity index (χ0v) is 19.1. The number of ether oxygens (including phenoxy) is 1. The van der Waals surface area contributed by atoms with Crippen molar-refractivity contribution in [3.8, 4) is 5.75 Å². The van der Waals surface area contributed by atoms with Gasteiger partial charge in [-0.1, -0.05) is 41.4 Å². The zero-order chi connectivity index (χ0) is 22.2. The Hall–Kier alpha value is -2.74. The van der Waals surface area contributed by atoms with Crippen molar-refractivity contribution in [3.05, 3.63) is 82.7 Å². The second-order valence-corrected chi connectivity index (χ2v) is 9.58. The maximum Gasteiger partial charge on any atom is 0.269 e. The number of para-hydroxylation sites is 1. The predicted octanol–water partition coefficient (Wildman–Crippen LogP) is 5.23. The van der Waals surface area contributed by atoms with Crippen molar-refractivity contribution in [1.29, 1.82) is 0 Å². The number of anilines is 1. The van der Waals surface area contributed by atoms with E-state index in [9.17, 15) is 8.42 Å². The van der Waals surface area contributed by atoms with Gasteiger partial charge >= 0.3 is 0 Å². The van der Waals surface area contributed by atoms with Crippen molar-refractivity contribution in [2.45, 2.75) is 11.4 Å². The number of pyridine rings is 1. The molecule has 0 aliphatic carbocycles. The molecule has 0 unspecified atom stereocenters. The molecule has 0 bridgehead atoms. The lowest BCUT2D eigenvalue weighted by Crippen LogP contribution is -2.17. The normalized spacial score (nSPS) is 11.6. The fraction of sp³-hybridized carbons (Fsp3) is 0.136. The Labute approximate surface area is 190 Å². The van der Waals surface area contributed by atoms with Crippen LogP contribution < -0.4 is 9.64 Å². The maximum atomic E-state index is 13.2. The molecule has 0 saturated carbocycles. The van der Waals surface area contributed by atoms with Gasteiger partial charge in [0.05, 0.1) is 28.4 Å². The first kappa shape index (κ1) is 21.5. The molecular weight excluding hydrogens is 457 g/mol. The van der Waals surface area contributed by atoms with Gasteiger partial charge in [0.2, 0.25) is 0 Å². The average molecular weight is 476 g/mol. The van der Waals surface area contributed by atoms with Crippen molar-refractivity contribution in [2.24, 2.45) is 0 Å². The summed E-state index contributed by atoms with van der Waals surface area (Å²) in [6.45, 7) is 0.417. The first-order valence-corrected chi connectivity index (χ1v) is 11.5. The summed E-state index contributed by atoms with van der Waals surface area (Å²) in [7, 11) is -0.389. The lowest BCUT2D eigenvalue weighted by molar-refractivity contribution is 0.415. The monoisotopic (exact) mass is 475 g/mol. The molecule has 0 aliphatic rings. The van der Waals surface area contributed by atoms with Gasteiger partial charge in [0.15, 0.2) is 0 Å². The molecule has 4 aromatic rings. The van der Waals surface area contributed by atoms with Gasteiger partial charge in [0, 0.05) is 43.6 Å². The molecule has 2 heterocycles. The molecule has 0 saturated heterocycles. The van der Waals surface area contributed by atoms with Gasteiger partial charge in [-0.15, -0.1) is 0 Å². The number of nitrogens with zero attached hydrogens (tertiary/aromatic N) is 3. The Kier molecular flexibility index (Phi) is 5.83. The third kappa shape index (κ3) is 3.96. The maximum absolute atomic E-state index is 13.2. The van der Waals surface area contributed by atoms with Crippen molar-refractivity contribution >= 4 is 49.8 Å². The molecule has 0 amide bonds. The number of halogens is 2. The van der Waals surface area contributed by atoms with Crippen molar-refractivity contribution in [1.82, 2.24) is 8.96 Å². The van der Waals surface area contributed by atoms with Crippen LogP contribution >= 0.6 is 23.2 Å². The van der Waals surface area contributed by atoms with Crippen LogP contribution in [0.1, 0.15) is 5.56 Å². The third-order valence-electron chi connectivity index (χ3n) is 4.99. The van der Waals surface area contributed by atoms with Gasteiger partial charge in [-0.3, -0.25) is 4.98 Å². The summed E-state index contributed by atoms with van der Waals surface area (Å²) < 4.78 is 33.1. The van der Waals surface area contributed by atoms with Gasteiger partial charge in [-0.25, -0.2) is 12.4 Å². The van der Waals surface area contributed by atoms with Gasteiger partial charge in [-0.2, -0.15) is 0 Å². The van der Waals surface area contributed by atoms with Crippen LogP contribution in [0, 0.1) is 0 Å². The summed E-state index contributed by atoms with van der Waals surface area (Å²) in [5.74, 6) is 0.509. The van der Waals surface area contributed by atoms with Crippen molar-refractivity contribution in [3.63, 3.8) is 0 Å². The van der Waals surface area contributed by atoms with E-state index in [1.54, 1.807) is 30.5 Å². The van der Waals surface area contributed by atoms with Crippen LogP contribution in [0.3, 0.4) is 0 Å². The number of aromatic nitrogens is 2. The van der Waals surface area contributed by atoms with Gasteiger partial charge < -0.3 is 9.64 Å². The topological polar surface area (TPSA) is 64.4 Å². The van der Waals surface area contributed by atoms with Crippen LogP contribution in [-0.2, 0) is 16.6 Å². The molecule has 160 valence electrons. The molecule has 6 nitrogen and oxygen atoms in total. The van der Waals surface area contributed by atoms with E-state index >= 15 is 0 Å². The average Bonchev–Trinajstić information content (AvgIpc) is 3.14. The lowest BCUT2D eigenvalue weighted by Gasteiger charge is -2.21. The highest BCUT2D eigenvalue weighted by molar-refractivity contribution is 7.90. The Morgan fingerprint density at radius 2 is 1.87 bits per heavy atom. The fourth-order valence-corrected chi connectivity index (χ4v) is 5.42. The summed E-state index contributed by atoms with van der Waals surface area (Å²) >= 11 is 12.6. The van der Waals surface area contributed by atoms with Crippen LogP contribution in [0.2, 0.25) is 10.0 Å². The Morgan fingerprint density at radius 3 is 2.58 bits per heavy atom. The molecule has 0 N–H and O–H groups in total. The molecule has 31 heavy (non-hydrogen) atoms. The summed E-state index contributed by atoms with van der Waals surface area (Å²) in [6.07, 6.45) is 4.53. The minimum atomic E-state index is -3.80. The van der Waals surface area contributed by atoms with Crippen LogP contribution in [0.5, 0.6) is 5.75 Å². The molecular formula is C22H19Cl2N3O3S. The van der Waals surface area contributed by atoms with Gasteiger partial charge in [0.25, 0.3) is 10.0 Å². The summed E-state index contributed by atoms with van der Waals surface area (Å²) in [5, 5.41) is 1.72. The second-order valence-electron chi connectivity index (χ2n) is 6.96.